The van der Waals surface area contributed by atoms with E-state index in [0.717, 1.165) is 73.8 Å². The predicted molar refractivity (Wildman–Crippen MR) is 184 cm³/mol. The fourth-order valence-corrected chi connectivity index (χ4v) is 7.96. The van der Waals surface area contributed by atoms with Crippen LogP contribution in [0.1, 0.15) is 81.3 Å². The average Bonchev–Trinajstić information content (AvgIpc) is 3.49. The third-order valence-electron chi connectivity index (χ3n) is 9.51. The van der Waals surface area contributed by atoms with Gasteiger partial charge < -0.3 is 14.2 Å². The number of nitrogens with zero attached hydrogens (tertiary/aromatic N) is 5. The number of ether oxygens (including phenoxy) is 1. The summed E-state index contributed by atoms with van der Waals surface area (Å²) >= 11 is 10.1. The Morgan fingerprint density at radius 2 is 1.80 bits per heavy atom. The van der Waals surface area contributed by atoms with Crippen molar-refractivity contribution in [2.24, 2.45) is 0 Å². The van der Waals surface area contributed by atoms with Gasteiger partial charge in [0.15, 0.2) is 0 Å². The predicted octanol–water partition coefficient (Wildman–Crippen LogP) is 7.27. The number of piperidine rings is 1. The van der Waals surface area contributed by atoms with Gasteiger partial charge in [0.05, 0.1) is 11.7 Å². The maximum absolute atomic E-state index is 14.7. The van der Waals surface area contributed by atoms with Crippen LogP contribution in [0.25, 0.3) is 0 Å². The van der Waals surface area contributed by atoms with Crippen LogP contribution in [0.3, 0.4) is 0 Å². The van der Waals surface area contributed by atoms with Crippen LogP contribution in [0.2, 0.25) is 5.02 Å². The minimum Gasteiger partial charge on any atom is -0.444 e. The zero-order valence-corrected chi connectivity index (χ0v) is 29.5. The first-order valence-electron chi connectivity index (χ1n) is 16.6. The molecule has 3 atom stereocenters. The molecule has 3 aliphatic rings. The van der Waals surface area contributed by atoms with Crippen molar-refractivity contribution < 1.29 is 14.3 Å². The molecule has 246 valence electrons. The molecule has 0 spiro atoms. The van der Waals surface area contributed by atoms with E-state index in [1.54, 1.807) is 4.90 Å². The van der Waals surface area contributed by atoms with Gasteiger partial charge in [0, 0.05) is 66.9 Å². The Labute approximate surface area is 286 Å². The number of carbonyl (C=O) groups is 2. The molecule has 4 heterocycles. The van der Waals surface area contributed by atoms with Crippen LogP contribution in [0.15, 0.2) is 59.5 Å². The molecule has 2 saturated heterocycles. The summed E-state index contributed by atoms with van der Waals surface area (Å²) in [5.74, 6) is 0.0233. The molecular weight excluding hydrogens is 666 g/mol. The van der Waals surface area contributed by atoms with E-state index >= 15 is 0 Å². The average molecular weight is 711 g/mol. The van der Waals surface area contributed by atoms with Gasteiger partial charge >= 0.3 is 6.09 Å². The largest absolute Gasteiger partial charge is 0.444 e. The lowest BCUT2D eigenvalue weighted by atomic mass is 9.94. The fourth-order valence-electron chi connectivity index (χ4n) is 7.38. The highest BCUT2D eigenvalue weighted by atomic mass is 79.9. The van der Waals surface area contributed by atoms with Crippen molar-refractivity contribution >= 4 is 39.5 Å². The zero-order chi connectivity index (χ0) is 32.4. The third kappa shape index (κ3) is 7.47. The van der Waals surface area contributed by atoms with Crippen LogP contribution < -0.4 is 0 Å². The summed E-state index contributed by atoms with van der Waals surface area (Å²) in [5, 5.41) is 0.716. The first kappa shape index (κ1) is 33.0. The highest BCUT2D eigenvalue weighted by Crippen LogP contribution is 2.39. The van der Waals surface area contributed by atoms with E-state index in [1.807, 2.05) is 45.2 Å². The van der Waals surface area contributed by atoms with Crippen LogP contribution >= 0.6 is 27.5 Å². The Bertz CT molecular complexity index is 1490. The maximum atomic E-state index is 14.7. The molecule has 0 bridgehead atoms. The van der Waals surface area contributed by atoms with Crippen LogP contribution in [-0.4, -0.2) is 80.1 Å². The Kier molecular flexibility index (Phi) is 10.1. The van der Waals surface area contributed by atoms with E-state index in [0.29, 0.717) is 24.7 Å². The molecule has 8 nitrogen and oxygen atoms in total. The number of hydrogen-bond acceptors (Lipinski definition) is 5. The molecule has 2 aliphatic heterocycles. The lowest BCUT2D eigenvalue weighted by Crippen LogP contribution is -2.63. The van der Waals surface area contributed by atoms with Gasteiger partial charge in [-0.1, -0.05) is 17.7 Å². The van der Waals surface area contributed by atoms with Gasteiger partial charge in [0.2, 0.25) is 5.91 Å². The number of likely N-dealkylation sites (tertiary alicyclic amines) is 1. The number of halogens is 2. The number of amides is 2. The number of piperazine rings is 1. The zero-order valence-electron chi connectivity index (χ0n) is 27.1. The van der Waals surface area contributed by atoms with Gasteiger partial charge in [-0.25, -0.2) is 4.79 Å². The first-order valence-corrected chi connectivity index (χ1v) is 17.8. The second-order valence-corrected chi connectivity index (χ2v) is 15.2. The van der Waals surface area contributed by atoms with Crippen molar-refractivity contribution in [2.75, 3.05) is 26.2 Å². The highest BCUT2D eigenvalue weighted by Gasteiger charge is 2.44. The number of hydrogen-bond donors (Lipinski definition) is 0. The Hall–Kier alpha value is -2.88. The normalized spacial score (nSPS) is 22.2. The lowest BCUT2D eigenvalue weighted by Gasteiger charge is -2.46. The number of aryl methyl sites for hydroxylation is 3. The van der Waals surface area contributed by atoms with Crippen molar-refractivity contribution in [3.05, 3.63) is 86.9 Å². The molecule has 3 aromatic rings. The molecule has 2 amide bonds. The fraction of sp³-hybridized carbons (Fsp3) is 0.528. The second kappa shape index (κ2) is 14.1. The van der Waals surface area contributed by atoms with Crippen molar-refractivity contribution in [3.8, 4) is 0 Å². The number of fused-ring (bicyclic) bond motifs is 2. The van der Waals surface area contributed by atoms with E-state index in [4.69, 9.17) is 21.3 Å². The van der Waals surface area contributed by atoms with Crippen molar-refractivity contribution in [1.82, 2.24) is 24.3 Å². The summed E-state index contributed by atoms with van der Waals surface area (Å²) in [6.07, 6.45) is 12.3. The third-order valence-corrected chi connectivity index (χ3v) is 10.2. The molecule has 1 aliphatic carbocycles. The molecule has 10 heteroatoms. The van der Waals surface area contributed by atoms with Crippen molar-refractivity contribution in [3.63, 3.8) is 0 Å². The molecule has 1 aromatic carbocycles. The lowest BCUT2D eigenvalue weighted by molar-refractivity contribution is -0.143. The molecule has 3 unspecified atom stereocenters. The molecule has 6 rings (SSSR count). The number of pyridine rings is 1. The molecule has 0 N–H and O–H groups in total. The van der Waals surface area contributed by atoms with Gasteiger partial charge in [-0.05, 0) is 129 Å². The first-order chi connectivity index (χ1) is 22.1. The number of carbonyl (C=O) groups excluding carboxylic acids is 2. The Balaban J connectivity index is 1.31. The summed E-state index contributed by atoms with van der Waals surface area (Å²) < 4.78 is 9.02. The summed E-state index contributed by atoms with van der Waals surface area (Å²) in [6, 6.07) is 11.7. The molecule has 2 fully saturated rings. The van der Waals surface area contributed by atoms with Gasteiger partial charge in [-0.15, -0.1) is 0 Å². The number of rotatable bonds is 6. The van der Waals surface area contributed by atoms with Crippen LogP contribution in [0.4, 0.5) is 4.79 Å². The number of benzene rings is 1. The molecule has 46 heavy (non-hydrogen) atoms. The van der Waals surface area contributed by atoms with Crippen molar-refractivity contribution in [2.45, 2.75) is 96.0 Å². The molecule has 0 saturated carbocycles. The van der Waals surface area contributed by atoms with Gasteiger partial charge in [0.1, 0.15) is 11.6 Å². The van der Waals surface area contributed by atoms with Crippen LogP contribution in [0.5, 0.6) is 0 Å². The summed E-state index contributed by atoms with van der Waals surface area (Å²) in [4.78, 5) is 39.5. The SMILES string of the molecule is CC(C)(C)OC(=O)N1CCN(C2c3ccc(Cl)cc3CCc3cc(Br)cnc32)CC1C(=O)N1CCCCC1CCCn1cccc1. The second-order valence-electron chi connectivity index (χ2n) is 13.9. The number of aromatic nitrogens is 2. The summed E-state index contributed by atoms with van der Waals surface area (Å²) in [7, 11) is 0. The Morgan fingerprint density at radius 3 is 2.59 bits per heavy atom. The smallest absolute Gasteiger partial charge is 0.411 e. The minimum atomic E-state index is -0.663. The minimum absolute atomic E-state index is 0.0233. The van der Waals surface area contributed by atoms with E-state index < -0.39 is 17.7 Å². The Morgan fingerprint density at radius 1 is 1.02 bits per heavy atom. The maximum Gasteiger partial charge on any atom is 0.411 e. The van der Waals surface area contributed by atoms with Crippen LogP contribution in [-0.2, 0) is 28.9 Å². The molecule has 2 aromatic heterocycles. The monoisotopic (exact) mass is 709 g/mol. The molecule has 0 radical (unpaired) electrons. The highest BCUT2D eigenvalue weighted by molar-refractivity contribution is 9.10. The van der Waals surface area contributed by atoms with Gasteiger partial charge in [0.25, 0.3) is 0 Å². The van der Waals surface area contributed by atoms with E-state index in [1.165, 1.54) is 11.1 Å². The van der Waals surface area contributed by atoms with Gasteiger partial charge in [-0.3, -0.25) is 19.6 Å². The van der Waals surface area contributed by atoms with Gasteiger partial charge in [-0.2, -0.15) is 0 Å². The van der Waals surface area contributed by atoms with Crippen molar-refractivity contribution in [1.29, 1.82) is 0 Å². The standard InChI is InChI=1S/C36H45BrClN5O3/c1-36(2,3)46-35(45)43-20-19-41(33-30-14-13-28(38)22-25(30)11-12-26-21-27(37)23-39-32(26)33)24-31(43)34(44)42-18-5-4-9-29(42)10-8-17-40-15-6-7-16-40/h6-7,13-16,21-23,29,31,33H,4-5,8-12,17-20,24H2,1-3H3. The quantitative estimate of drug-likeness (QED) is 0.269. The molecular formula is C36H45BrClN5O3. The topological polar surface area (TPSA) is 70.9 Å². The van der Waals surface area contributed by atoms with E-state index in [2.05, 4.69) is 60.9 Å². The summed E-state index contributed by atoms with van der Waals surface area (Å²) in [6.45, 7) is 8.65. The van der Waals surface area contributed by atoms with E-state index in [9.17, 15) is 9.59 Å². The van der Waals surface area contributed by atoms with E-state index in [-0.39, 0.29) is 18.0 Å². The summed E-state index contributed by atoms with van der Waals surface area (Å²) in [5.41, 5.74) is 3.88. The van der Waals surface area contributed by atoms with Crippen LogP contribution in [0, 0.1) is 0 Å².